The van der Waals surface area contributed by atoms with Crippen LogP contribution in [-0.2, 0) is 9.53 Å². The van der Waals surface area contributed by atoms with Gasteiger partial charge in [-0.2, -0.15) is 0 Å². The van der Waals surface area contributed by atoms with Gasteiger partial charge in [0.2, 0.25) is 5.91 Å². The van der Waals surface area contributed by atoms with Gasteiger partial charge in [0.1, 0.15) is 22.8 Å². The van der Waals surface area contributed by atoms with Crippen LogP contribution in [0.15, 0.2) is 48.5 Å². The molecule has 0 saturated carbocycles. The van der Waals surface area contributed by atoms with Gasteiger partial charge in [0, 0.05) is 25.0 Å². The molecule has 1 saturated heterocycles. The number of anilines is 1. The molecule has 0 atom stereocenters. The lowest BCUT2D eigenvalue weighted by Gasteiger charge is -2.31. The van der Waals surface area contributed by atoms with Crippen molar-refractivity contribution in [2.45, 2.75) is 18.4 Å². The molecule has 2 aromatic carbocycles. The van der Waals surface area contributed by atoms with E-state index in [1.807, 2.05) is 18.2 Å². The van der Waals surface area contributed by atoms with Crippen molar-refractivity contribution in [1.29, 1.82) is 0 Å². The maximum absolute atomic E-state index is 12.4. The van der Waals surface area contributed by atoms with Gasteiger partial charge in [-0.05, 0) is 49.2 Å². The Hall–Kier alpha value is -2.28. The number of hydrogen-bond donors (Lipinski definition) is 2. The Morgan fingerprint density at radius 2 is 1.73 bits per heavy atom. The molecule has 0 aliphatic carbocycles. The van der Waals surface area contributed by atoms with E-state index in [0.717, 1.165) is 5.75 Å². The fourth-order valence-electron chi connectivity index (χ4n) is 2.63. The monoisotopic (exact) mass is 378 g/mol. The van der Waals surface area contributed by atoms with Crippen molar-refractivity contribution in [2.75, 3.05) is 25.6 Å². The Balaban J connectivity index is 0.00000243. The smallest absolute Gasteiger partial charge is 0.244 e. The molecule has 0 spiro atoms. The minimum absolute atomic E-state index is 0. The van der Waals surface area contributed by atoms with E-state index in [4.69, 9.17) is 19.9 Å². The topological polar surface area (TPSA) is 82.8 Å². The van der Waals surface area contributed by atoms with Crippen LogP contribution in [0.1, 0.15) is 12.8 Å². The molecule has 3 rings (SSSR count). The summed E-state index contributed by atoms with van der Waals surface area (Å²) in [5.74, 6) is 1.89. The number of ether oxygens (including phenoxy) is 3. The number of rotatable bonds is 5. The van der Waals surface area contributed by atoms with E-state index in [-0.39, 0.29) is 18.3 Å². The third-order valence-corrected chi connectivity index (χ3v) is 4.23. The lowest BCUT2D eigenvalue weighted by atomic mass is 9.90. The van der Waals surface area contributed by atoms with E-state index in [1.54, 1.807) is 37.4 Å². The van der Waals surface area contributed by atoms with Gasteiger partial charge in [0.05, 0.1) is 7.11 Å². The van der Waals surface area contributed by atoms with Crippen molar-refractivity contribution in [1.82, 2.24) is 0 Å². The molecule has 0 bridgehead atoms. The minimum atomic E-state index is -0.867. The number of amides is 1. The lowest BCUT2D eigenvalue weighted by molar-refractivity contribution is -0.124. The second-order valence-electron chi connectivity index (χ2n) is 6.03. The molecule has 1 amide bonds. The van der Waals surface area contributed by atoms with E-state index in [1.165, 1.54) is 0 Å². The summed E-state index contributed by atoms with van der Waals surface area (Å²) in [5, 5.41) is 2.87. The second-order valence-corrected chi connectivity index (χ2v) is 6.03. The van der Waals surface area contributed by atoms with Crippen LogP contribution < -0.4 is 20.5 Å². The lowest BCUT2D eigenvalue weighted by Crippen LogP contribution is -2.54. The van der Waals surface area contributed by atoms with Gasteiger partial charge < -0.3 is 25.3 Å². The molecular formula is C19H23ClN2O4. The van der Waals surface area contributed by atoms with Gasteiger partial charge >= 0.3 is 0 Å². The largest absolute Gasteiger partial charge is 0.497 e. The average Bonchev–Trinajstić information content (AvgIpc) is 2.64. The number of benzene rings is 2. The van der Waals surface area contributed by atoms with Gasteiger partial charge in [0.15, 0.2) is 0 Å². The zero-order chi connectivity index (χ0) is 17.7. The highest BCUT2D eigenvalue weighted by Gasteiger charge is 2.35. The predicted molar refractivity (Wildman–Crippen MR) is 102 cm³/mol. The first-order valence-corrected chi connectivity index (χ1v) is 8.19. The molecule has 0 radical (unpaired) electrons. The van der Waals surface area contributed by atoms with E-state index < -0.39 is 5.54 Å². The number of hydrogen-bond acceptors (Lipinski definition) is 5. The molecule has 2 aromatic rings. The molecule has 26 heavy (non-hydrogen) atoms. The highest BCUT2D eigenvalue weighted by Crippen LogP contribution is 2.26. The summed E-state index contributed by atoms with van der Waals surface area (Å²) < 4.78 is 16.2. The molecule has 1 fully saturated rings. The maximum atomic E-state index is 12.4. The molecule has 140 valence electrons. The Morgan fingerprint density at radius 1 is 1.08 bits per heavy atom. The van der Waals surface area contributed by atoms with Crippen molar-refractivity contribution in [2.24, 2.45) is 5.73 Å². The van der Waals surface area contributed by atoms with Crippen molar-refractivity contribution >= 4 is 24.0 Å². The Labute approximate surface area is 159 Å². The third kappa shape index (κ3) is 4.88. The van der Waals surface area contributed by atoms with E-state index in [0.29, 0.717) is 43.2 Å². The average molecular weight is 379 g/mol. The van der Waals surface area contributed by atoms with E-state index >= 15 is 0 Å². The SMILES string of the molecule is COc1cccc(Oc2ccc(NC(=O)C3(N)CCOCC3)cc2)c1.Cl. The molecule has 0 aromatic heterocycles. The third-order valence-electron chi connectivity index (χ3n) is 4.23. The van der Waals surface area contributed by atoms with Crippen molar-refractivity contribution < 1.29 is 19.0 Å². The number of methoxy groups -OCH3 is 1. The number of carbonyl (C=O) groups is 1. The molecule has 1 aliphatic heterocycles. The summed E-state index contributed by atoms with van der Waals surface area (Å²) >= 11 is 0. The van der Waals surface area contributed by atoms with Crippen LogP contribution in [0.4, 0.5) is 5.69 Å². The summed E-state index contributed by atoms with van der Waals surface area (Å²) in [5.41, 5.74) is 5.99. The van der Waals surface area contributed by atoms with Crippen LogP contribution in [-0.4, -0.2) is 31.8 Å². The summed E-state index contributed by atoms with van der Waals surface area (Å²) in [7, 11) is 1.61. The number of nitrogens with one attached hydrogen (secondary N) is 1. The van der Waals surface area contributed by atoms with Crippen LogP contribution in [0.2, 0.25) is 0 Å². The minimum Gasteiger partial charge on any atom is -0.497 e. The van der Waals surface area contributed by atoms with Crippen LogP contribution in [0.3, 0.4) is 0 Å². The summed E-state index contributed by atoms with van der Waals surface area (Å²) in [6.07, 6.45) is 1.05. The summed E-state index contributed by atoms with van der Waals surface area (Å²) in [6, 6.07) is 14.5. The van der Waals surface area contributed by atoms with Crippen LogP contribution >= 0.6 is 12.4 Å². The highest BCUT2D eigenvalue weighted by molar-refractivity contribution is 5.98. The normalized spacial score (nSPS) is 15.5. The summed E-state index contributed by atoms with van der Waals surface area (Å²) in [6.45, 7) is 1.02. The maximum Gasteiger partial charge on any atom is 0.244 e. The standard InChI is InChI=1S/C19H22N2O4.ClH/c1-23-16-3-2-4-17(13-16)25-15-7-5-14(6-8-15)21-18(22)19(20)9-11-24-12-10-19;/h2-8,13H,9-12,20H2,1H3,(H,21,22);1H. The quantitative estimate of drug-likeness (QED) is 0.833. The van der Waals surface area contributed by atoms with Crippen LogP contribution in [0.5, 0.6) is 17.2 Å². The van der Waals surface area contributed by atoms with Crippen molar-refractivity contribution in [3.63, 3.8) is 0 Å². The summed E-state index contributed by atoms with van der Waals surface area (Å²) in [4.78, 5) is 12.4. The molecule has 1 heterocycles. The Morgan fingerprint density at radius 3 is 2.38 bits per heavy atom. The van der Waals surface area contributed by atoms with E-state index in [2.05, 4.69) is 5.32 Å². The predicted octanol–water partition coefficient (Wildman–Crippen LogP) is 3.36. The van der Waals surface area contributed by atoms with Crippen molar-refractivity contribution in [3.05, 3.63) is 48.5 Å². The fraction of sp³-hybridized carbons (Fsp3) is 0.316. The van der Waals surface area contributed by atoms with Crippen molar-refractivity contribution in [3.8, 4) is 17.2 Å². The van der Waals surface area contributed by atoms with E-state index in [9.17, 15) is 4.79 Å². The molecule has 0 unspecified atom stereocenters. The van der Waals surface area contributed by atoms with Gasteiger partial charge in [-0.1, -0.05) is 6.07 Å². The highest BCUT2D eigenvalue weighted by atomic mass is 35.5. The first-order valence-electron chi connectivity index (χ1n) is 8.19. The Bertz CT molecular complexity index is 731. The number of carbonyl (C=O) groups excluding carboxylic acids is 1. The Kier molecular flexibility index (Phi) is 6.85. The zero-order valence-electron chi connectivity index (χ0n) is 14.6. The number of nitrogens with two attached hydrogens (primary N) is 1. The zero-order valence-corrected chi connectivity index (χ0v) is 15.4. The van der Waals surface area contributed by atoms with Gasteiger partial charge in [-0.15, -0.1) is 12.4 Å². The van der Waals surface area contributed by atoms with Crippen LogP contribution in [0, 0.1) is 0 Å². The van der Waals surface area contributed by atoms with Gasteiger partial charge in [-0.3, -0.25) is 4.79 Å². The molecule has 1 aliphatic rings. The van der Waals surface area contributed by atoms with Gasteiger partial charge in [-0.25, -0.2) is 0 Å². The molecular weight excluding hydrogens is 356 g/mol. The first kappa shape index (κ1) is 20.0. The first-order chi connectivity index (χ1) is 12.1. The van der Waals surface area contributed by atoms with Gasteiger partial charge in [0.25, 0.3) is 0 Å². The molecule has 7 heteroatoms. The second kappa shape index (κ2) is 8.89. The van der Waals surface area contributed by atoms with Crippen LogP contribution in [0.25, 0.3) is 0 Å². The molecule has 3 N–H and O–H groups in total. The number of halogens is 1. The molecule has 6 nitrogen and oxygen atoms in total. The fourth-order valence-corrected chi connectivity index (χ4v) is 2.63.